The number of hydrogen-bond donors (Lipinski definition) is 0. The smallest absolute Gasteiger partial charge is 0.257 e. The van der Waals surface area contributed by atoms with Crippen molar-refractivity contribution in [2.75, 3.05) is 0 Å². The van der Waals surface area contributed by atoms with E-state index < -0.39 is 5.82 Å². The van der Waals surface area contributed by atoms with Crippen molar-refractivity contribution in [3.8, 4) is 5.69 Å². The summed E-state index contributed by atoms with van der Waals surface area (Å²) < 4.78 is 15.8. The molecule has 0 atom stereocenters. The van der Waals surface area contributed by atoms with Gasteiger partial charge in [-0.05, 0) is 52.5 Å². The zero-order valence-electron chi connectivity index (χ0n) is 12.7. The second kappa shape index (κ2) is 6.10. The Hall–Kier alpha value is -1.65. The van der Waals surface area contributed by atoms with E-state index in [9.17, 15) is 9.18 Å². The number of hydrogen-bond acceptors (Lipinski definition) is 1. The van der Waals surface area contributed by atoms with E-state index in [1.807, 2.05) is 32.0 Å². The lowest BCUT2D eigenvalue weighted by Gasteiger charge is -2.17. The van der Waals surface area contributed by atoms with E-state index in [4.69, 9.17) is 11.6 Å². The van der Waals surface area contributed by atoms with Crippen LogP contribution in [0.5, 0.6) is 0 Å². The molecule has 0 N–H and O–H groups in total. The highest BCUT2D eigenvalue weighted by atomic mass is 79.9. The van der Waals surface area contributed by atoms with Gasteiger partial charge in [0.05, 0.1) is 20.7 Å². The van der Waals surface area contributed by atoms with Crippen molar-refractivity contribution in [2.45, 2.75) is 20.3 Å². The lowest BCUT2D eigenvalue weighted by molar-refractivity contribution is 0.623. The average molecular weight is 395 g/mol. The van der Waals surface area contributed by atoms with Gasteiger partial charge in [0.1, 0.15) is 5.82 Å². The second-order valence-electron chi connectivity index (χ2n) is 5.39. The number of aryl methyl sites for hydroxylation is 2. The largest absolute Gasteiger partial charge is 0.276 e. The summed E-state index contributed by atoms with van der Waals surface area (Å²) in [6, 6.07) is 10.2. The van der Waals surface area contributed by atoms with Gasteiger partial charge < -0.3 is 0 Å². The molecular formula is C18H14BrClFNO. The molecule has 3 aromatic rings. The van der Waals surface area contributed by atoms with E-state index >= 15 is 0 Å². The van der Waals surface area contributed by atoms with Crippen molar-refractivity contribution in [3.05, 3.63) is 73.2 Å². The van der Waals surface area contributed by atoms with E-state index in [-0.39, 0.29) is 10.6 Å². The van der Waals surface area contributed by atoms with Gasteiger partial charge in [0, 0.05) is 11.5 Å². The van der Waals surface area contributed by atoms with E-state index in [0.29, 0.717) is 15.4 Å². The molecule has 118 valence electrons. The Morgan fingerprint density at radius 3 is 2.70 bits per heavy atom. The zero-order valence-corrected chi connectivity index (χ0v) is 15.0. The molecule has 0 aliphatic heterocycles. The fourth-order valence-corrected chi connectivity index (χ4v) is 3.41. The molecule has 0 unspecified atom stereocenters. The number of halogens is 3. The minimum absolute atomic E-state index is 0.231. The first-order valence-corrected chi connectivity index (χ1v) is 8.40. The van der Waals surface area contributed by atoms with Crippen molar-refractivity contribution >= 4 is 38.4 Å². The van der Waals surface area contributed by atoms with Gasteiger partial charge in [-0.15, -0.1) is 0 Å². The third-order valence-electron chi connectivity index (χ3n) is 3.93. The Morgan fingerprint density at radius 2 is 2.00 bits per heavy atom. The molecule has 5 heteroatoms. The minimum Gasteiger partial charge on any atom is -0.276 e. The van der Waals surface area contributed by atoms with Crippen LogP contribution in [0.2, 0.25) is 5.02 Å². The van der Waals surface area contributed by atoms with Crippen LogP contribution in [-0.2, 0) is 6.42 Å². The predicted molar refractivity (Wildman–Crippen MR) is 96.3 cm³/mol. The number of nitrogens with zero attached hydrogens (tertiary/aromatic N) is 1. The number of para-hydroxylation sites is 1. The third kappa shape index (κ3) is 2.70. The maximum Gasteiger partial charge on any atom is 0.257 e. The van der Waals surface area contributed by atoms with Gasteiger partial charge in [-0.2, -0.15) is 0 Å². The van der Waals surface area contributed by atoms with Gasteiger partial charge in [-0.1, -0.05) is 36.7 Å². The van der Waals surface area contributed by atoms with Gasteiger partial charge in [0.15, 0.2) is 0 Å². The summed E-state index contributed by atoms with van der Waals surface area (Å²) in [5, 5.41) is 0.761. The third-order valence-corrected chi connectivity index (χ3v) is 4.85. The molecule has 0 aliphatic rings. The van der Waals surface area contributed by atoms with Crippen LogP contribution in [0.15, 0.2) is 45.7 Å². The van der Waals surface area contributed by atoms with Crippen LogP contribution in [-0.4, -0.2) is 4.57 Å². The van der Waals surface area contributed by atoms with Crippen molar-refractivity contribution in [1.29, 1.82) is 0 Å². The quantitative estimate of drug-likeness (QED) is 0.569. The summed E-state index contributed by atoms with van der Waals surface area (Å²) in [4.78, 5) is 12.6. The molecule has 23 heavy (non-hydrogen) atoms. The number of fused-ring (bicyclic) bond motifs is 1. The molecule has 2 aromatic carbocycles. The first kappa shape index (κ1) is 16.2. The molecule has 0 saturated carbocycles. The molecule has 0 saturated heterocycles. The standard InChI is InChI=1S/C18H14BrClFNO/c1-3-11-6-4-5-10(2)18(11)22-16-8-13(19)15(21)7-12(16)14(20)9-17(22)23/h4-9H,3H2,1-2H3. The highest BCUT2D eigenvalue weighted by Gasteiger charge is 2.15. The van der Waals surface area contributed by atoms with Crippen LogP contribution in [0, 0.1) is 12.7 Å². The zero-order chi connectivity index (χ0) is 16.7. The Labute approximate surface area is 146 Å². The fraction of sp³-hybridized carbons (Fsp3) is 0.167. The Bertz CT molecular complexity index is 981. The van der Waals surface area contributed by atoms with E-state index in [1.165, 1.54) is 12.1 Å². The number of aromatic nitrogens is 1. The molecule has 0 amide bonds. The molecule has 0 radical (unpaired) electrons. The molecule has 0 spiro atoms. The van der Waals surface area contributed by atoms with E-state index in [0.717, 1.165) is 23.2 Å². The van der Waals surface area contributed by atoms with Crippen molar-refractivity contribution < 1.29 is 4.39 Å². The Kier molecular flexibility index (Phi) is 4.30. The summed E-state index contributed by atoms with van der Waals surface area (Å²) in [5.41, 5.74) is 3.22. The Morgan fingerprint density at radius 1 is 1.26 bits per heavy atom. The minimum atomic E-state index is -0.412. The highest BCUT2D eigenvalue weighted by molar-refractivity contribution is 9.10. The maximum atomic E-state index is 13.9. The SMILES string of the molecule is CCc1cccc(C)c1-n1c(=O)cc(Cl)c2cc(F)c(Br)cc21. The van der Waals surface area contributed by atoms with E-state index in [2.05, 4.69) is 15.9 Å². The fourth-order valence-electron chi connectivity index (χ4n) is 2.84. The molecule has 0 aliphatic carbocycles. The van der Waals surface area contributed by atoms with Gasteiger partial charge in [-0.3, -0.25) is 9.36 Å². The number of pyridine rings is 1. The first-order chi connectivity index (χ1) is 10.9. The Balaban J connectivity index is 2.53. The number of rotatable bonds is 2. The second-order valence-corrected chi connectivity index (χ2v) is 6.65. The molecule has 1 aromatic heterocycles. The van der Waals surface area contributed by atoms with Crippen molar-refractivity contribution in [2.24, 2.45) is 0 Å². The topological polar surface area (TPSA) is 22.0 Å². The summed E-state index contributed by atoms with van der Waals surface area (Å²) >= 11 is 9.36. The molecular weight excluding hydrogens is 381 g/mol. The van der Waals surface area contributed by atoms with Gasteiger partial charge in [0.2, 0.25) is 0 Å². The number of benzene rings is 2. The molecule has 1 heterocycles. The van der Waals surface area contributed by atoms with Crippen molar-refractivity contribution in [3.63, 3.8) is 0 Å². The van der Waals surface area contributed by atoms with Gasteiger partial charge >= 0.3 is 0 Å². The molecule has 2 nitrogen and oxygen atoms in total. The van der Waals surface area contributed by atoms with Crippen molar-refractivity contribution in [1.82, 2.24) is 4.57 Å². The van der Waals surface area contributed by atoms with Gasteiger partial charge in [0.25, 0.3) is 5.56 Å². The average Bonchev–Trinajstić information content (AvgIpc) is 2.50. The normalized spacial score (nSPS) is 11.2. The van der Waals surface area contributed by atoms with Crippen LogP contribution >= 0.6 is 27.5 Å². The van der Waals surface area contributed by atoms with Crippen LogP contribution < -0.4 is 5.56 Å². The summed E-state index contributed by atoms with van der Waals surface area (Å²) in [6.07, 6.45) is 0.788. The molecule has 0 fully saturated rings. The summed E-state index contributed by atoms with van der Waals surface area (Å²) in [5.74, 6) is -0.412. The lowest BCUT2D eigenvalue weighted by atomic mass is 10.0. The summed E-state index contributed by atoms with van der Waals surface area (Å²) in [7, 11) is 0. The molecule has 3 rings (SSSR count). The lowest BCUT2D eigenvalue weighted by Crippen LogP contribution is -2.20. The van der Waals surface area contributed by atoms with Gasteiger partial charge in [-0.25, -0.2) is 4.39 Å². The maximum absolute atomic E-state index is 13.9. The van der Waals surface area contributed by atoms with Crippen LogP contribution in [0.3, 0.4) is 0 Å². The first-order valence-electron chi connectivity index (χ1n) is 7.23. The highest BCUT2D eigenvalue weighted by Crippen LogP contribution is 2.30. The predicted octanol–water partition coefficient (Wildman–Crippen LogP) is 5.42. The summed E-state index contributed by atoms with van der Waals surface area (Å²) in [6.45, 7) is 4.00. The van der Waals surface area contributed by atoms with Crippen LogP contribution in [0.1, 0.15) is 18.1 Å². The monoisotopic (exact) mass is 393 g/mol. The van der Waals surface area contributed by atoms with Crippen LogP contribution in [0.25, 0.3) is 16.6 Å². The molecule has 0 bridgehead atoms. The van der Waals surface area contributed by atoms with Crippen LogP contribution in [0.4, 0.5) is 4.39 Å². The van der Waals surface area contributed by atoms with E-state index in [1.54, 1.807) is 10.6 Å².